The van der Waals surface area contributed by atoms with E-state index in [9.17, 15) is 0 Å². The summed E-state index contributed by atoms with van der Waals surface area (Å²) < 4.78 is 0. The van der Waals surface area contributed by atoms with Crippen LogP contribution < -0.4 is 10.6 Å². The molecule has 3 nitrogen and oxygen atoms in total. The molecule has 1 aromatic rings. The number of nitrogen functional groups attached to an aromatic ring is 1. The van der Waals surface area contributed by atoms with E-state index in [2.05, 4.69) is 34.9 Å². The van der Waals surface area contributed by atoms with Gasteiger partial charge in [0, 0.05) is 19.1 Å². The average molecular weight is 273 g/mol. The number of rotatable bonds is 2. The van der Waals surface area contributed by atoms with E-state index in [1.165, 1.54) is 56.4 Å². The second-order valence-corrected chi connectivity index (χ2v) is 6.38. The number of anilines is 2. The van der Waals surface area contributed by atoms with Gasteiger partial charge >= 0.3 is 0 Å². The molecule has 20 heavy (non-hydrogen) atoms. The fraction of sp³-hybridized carbons (Fsp3) is 0.647. The van der Waals surface area contributed by atoms with Crippen LogP contribution in [0, 0.1) is 6.92 Å². The summed E-state index contributed by atoms with van der Waals surface area (Å²) in [6, 6.07) is 7.25. The molecule has 3 heteroatoms. The number of nitrogens with zero attached hydrogens (tertiary/aromatic N) is 2. The molecule has 2 N–H and O–H groups in total. The van der Waals surface area contributed by atoms with E-state index >= 15 is 0 Å². The van der Waals surface area contributed by atoms with Crippen LogP contribution in [0.15, 0.2) is 18.2 Å². The Morgan fingerprint density at radius 1 is 1.00 bits per heavy atom. The lowest BCUT2D eigenvalue weighted by atomic mass is 9.99. The number of piperidine rings is 2. The molecule has 0 aliphatic carbocycles. The minimum absolute atomic E-state index is 0.804. The summed E-state index contributed by atoms with van der Waals surface area (Å²) in [6.07, 6.45) is 6.78. The van der Waals surface area contributed by atoms with Crippen LogP contribution in [0.3, 0.4) is 0 Å². The Bertz CT molecular complexity index is 444. The largest absolute Gasteiger partial charge is 0.397 e. The molecule has 2 aliphatic heterocycles. The van der Waals surface area contributed by atoms with Gasteiger partial charge in [-0.2, -0.15) is 0 Å². The Morgan fingerprint density at radius 2 is 1.70 bits per heavy atom. The van der Waals surface area contributed by atoms with Gasteiger partial charge in [-0.3, -0.25) is 0 Å². The second-order valence-electron chi connectivity index (χ2n) is 6.38. The highest BCUT2D eigenvalue weighted by molar-refractivity contribution is 5.68. The van der Waals surface area contributed by atoms with Crippen molar-refractivity contribution in [1.29, 1.82) is 0 Å². The maximum absolute atomic E-state index is 6.18. The van der Waals surface area contributed by atoms with E-state index in [1.807, 2.05) is 0 Å². The zero-order valence-corrected chi connectivity index (χ0v) is 12.6. The van der Waals surface area contributed by atoms with Gasteiger partial charge in [-0.05, 0) is 63.4 Å². The molecule has 0 radical (unpaired) electrons. The van der Waals surface area contributed by atoms with Gasteiger partial charge in [0.15, 0.2) is 0 Å². The number of benzene rings is 1. The molecular weight excluding hydrogens is 246 g/mol. The van der Waals surface area contributed by atoms with E-state index in [-0.39, 0.29) is 0 Å². The summed E-state index contributed by atoms with van der Waals surface area (Å²) in [4.78, 5) is 5.19. The first kappa shape index (κ1) is 13.7. The zero-order chi connectivity index (χ0) is 13.9. The van der Waals surface area contributed by atoms with Gasteiger partial charge in [0.2, 0.25) is 0 Å². The van der Waals surface area contributed by atoms with E-state index < -0.39 is 0 Å². The van der Waals surface area contributed by atoms with Crippen LogP contribution >= 0.6 is 0 Å². The van der Waals surface area contributed by atoms with Crippen molar-refractivity contribution in [3.63, 3.8) is 0 Å². The van der Waals surface area contributed by atoms with Crippen LogP contribution in [0.25, 0.3) is 0 Å². The molecule has 0 saturated carbocycles. The third kappa shape index (κ3) is 2.93. The molecule has 3 rings (SSSR count). The van der Waals surface area contributed by atoms with Crippen molar-refractivity contribution in [2.45, 2.75) is 45.1 Å². The van der Waals surface area contributed by atoms with Crippen molar-refractivity contribution in [3.8, 4) is 0 Å². The van der Waals surface area contributed by atoms with E-state index in [4.69, 9.17) is 5.73 Å². The van der Waals surface area contributed by atoms with Crippen molar-refractivity contribution in [2.24, 2.45) is 0 Å². The Balaban J connectivity index is 1.60. The number of likely N-dealkylation sites (tertiary alicyclic amines) is 1. The van der Waals surface area contributed by atoms with Crippen molar-refractivity contribution in [1.82, 2.24) is 4.90 Å². The highest BCUT2D eigenvalue weighted by Gasteiger charge is 2.26. The first-order valence-electron chi connectivity index (χ1n) is 8.09. The van der Waals surface area contributed by atoms with Gasteiger partial charge in [0.25, 0.3) is 0 Å². The van der Waals surface area contributed by atoms with Crippen molar-refractivity contribution < 1.29 is 0 Å². The molecule has 2 fully saturated rings. The van der Waals surface area contributed by atoms with E-state index in [0.717, 1.165) is 24.8 Å². The highest BCUT2D eigenvalue weighted by atomic mass is 15.2. The molecule has 2 heterocycles. The monoisotopic (exact) mass is 273 g/mol. The first-order valence-corrected chi connectivity index (χ1v) is 8.09. The molecule has 0 atom stereocenters. The molecule has 2 aliphatic rings. The standard InChI is InChI=1S/C17H27N3/c1-14-5-6-17(16(18)13-14)20-11-7-15(8-12-20)19-9-3-2-4-10-19/h5-6,13,15H,2-4,7-12,18H2,1H3. The van der Waals surface area contributed by atoms with Gasteiger partial charge in [-0.25, -0.2) is 0 Å². The van der Waals surface area contributed by atoms with Crippen LogP contribution in [0.5, 0.6) is 0 Å². The van der Waals surface area contributed by atoms with Crippen molar-refractivity contribution >= 4 is 11.4 Å². The van der Waals surface area contributed by atoms with Gasteiger partial charge < -0.3 is 15.5 Å². The van der Waals surface area contributed by atoms with Gasteiger partial charge in [0.1, 0.15) is 0 Å². The normalized spacial score (nSPS) is 22.1. The molecule has 0 amide bonds. The van der Waals surface area contributed by atoms with Gasteiger partial charge in [-0.1, -0.05) is 12.5 Å². The fourth-order valence-corrected chi connectivity index (χ4v) is 3.72. The predicted molar refractivity (Wildman–Crippen MR) is 86.3 cm³/mol. The Labute approximate surface area is 122 Å². The second kappa shape index (κ2) is 6.04. The molecule has 0 bridgehead atoms. The third-order valence-corrected chi connectivity index (χ3v) is 4.90. The summed E-state index contributed by atoms with van der Waals surface area (Å²) in [7, 11) is 0. The Morgan fingerprint density at radius 3 is 2.35 bits per heavy atom. The summed E-state index contributed by atoms with van der Waals surface area (Å²) in [5, 5.41) is 0. The van der Waals surface area contributed by atoms with Crippen LogP contribution in [0.4, 0.5) is 11.4 Å². The lowest BCUT2D eigenvalue weighted by Gasteiger charge is -2.41. The first-order chi connectivity index (χ1) is 9.74. The topological polar surface area (TPSA) is 32.5 Å². The van der Waals surface area contributed by atoms with E-state index in [1.54, 1.807) is 0 Å². The summed E-state index contributed by atoms with van der Waals surface area (Å²) in [6.45, 7) is 7.03. The predicted octanol–water partition coefficient (Wildman–Crippen LogP) is 3.03. The van der Waals surface area contributed by atoms with Crippen LogP contribution in [0.2, 0.25) is 0 Å². The van der Waals surface area contributed by atoms with Gasteiger partial charge in [-0.15, -0.1) is 0 Å². The zero-order valence-electron chi connectivity index (χ0n) is 12.6. The summed E-state index contributed by atoms with van der Waals surface area (Å²) in [5.74, 6) is 0. The fourth-order valence-electron chi connectivity index (χ4n) is 3.72. The molecule has 1 aromatic carbocycles. The third-order valence-electron chi connectivity index (χ3n) is 4.90. The number of hydrogen-bond donors (Lipinski definition) is 1. The minimum Gasteiger partial charge on any atom is -0.397 e. The van der Waals surface area contributed by atoms with Crippen LogP contribution in [-0.4, -0.2) is 37.1 Å². The quantitative estimate of drug-likeness (QED) is 0.841. The number of hydrogen-bond acceptors (Lipinski definition) is 3. The van der Waals surface area contributed by atoms with Gasteiger partial charge in [0.05, 0.1) is 11.4 Å². The lowest BCUT2D eigenvalue weighted by molar-refractivity contribution is 0.141. The Kier molecular flexibility index (Phi) is 4.16. The maximum atomic E-state index is 6.18. The molecule has 2 saturated heterocycles. The van der Waals surface area contributed by atoms with E-state index in [0.29, 0.717) is 0 Å². The SMILES string of the molecule is Cc1ccc(N2CCC(N3CCCCC3)CC2)c(N)c1. The lowest BCUT2D eigenvalue weighted by Crippen LogP contribution is -2.46. The van der Waals surface area contributed by atoms with Crippen molar-refractivity contribution in [2.75, 3.05) is 36.8 Å². The minimum atomic E-state index is 0.804. The van der Waals surface area contributed by atoms with Crippen LogP contribution in [-0.2, 0) is 0 Å². The summed E-state index contributed by atoms with van der Waals surface area (Å²) >= 11 is 0. The average Bonchev–Trinajstić information content (AvgIpc) is 2.48. The highest BCUT2D eigenvalue weighted by Crippen LogP contribution is 2.29. The molecule has 0 spiro atoms. The molecular formula is C17H27N3. The Hall–Kier alpha value is -1.22. The number of nitrogens with two attached hydrogens (primary N) is 1. The molecule has 0 aromatic heterocycles. The summed E-state index contributed by atoms with van der Waals surface area (Å²) in [5.41, 5.74) is 9.58. The van der Waals surface area contributed by atoms with Crippen molar-refractivity contribution in [3.05, 3.63) is 23.8 Å². The molecule has 0 unspecified atom stereocenters. The van der Waals surface area contributed by atoms with Crippen LogP contribution in [0.1, 0.15) is 37.7 Å². The smallest absolute Gasteiger partial charge is 0.0600 e. The molecule has 110 valence electrons. The number of aryl methyl sites for hydroxylation is 1. The maximum Gasteiger partial charge on any atom is 0.0600 e.